The Hall–Kier alpha value is -3.56. The molecule has 0 atom stereocenters. The Labute approximate surface area is 203 Å². The number of H-pyrrole nitrogens is 1. The van der Waals surface area contributed by atoms with Crippen molar-refractivity contribution in [3.05, 3.63) is 54.5 Å². The second-order valence-electron chi connectivity index (χ2n) is 9.42. The van der Waals surface area contributed by atoms with Crippen LogP contribution >= 0.6 is 0 Å². The smallest absolute Gasteiger partial charge is 0.254 e. The summed E-state index contributed by atoms with van der Waals surface area (Å²) in [6.07, 6.45) is 8.13. The third kappa shape index (κ3) is 4.33. The molecule has 9 heteroatoms. The molecule has 2 fully saturated rings. The van der Waals surface area contributed by atoms with Gasteiger partial charge in [-0.2, -0.15) is 5.10 Å². The number of aromatic amines is 1. The number of amides is 1. The SMILES string of the molecule is CN1CCC(n2cc(-c3cc4c(-c5ccc(C(=O)N6CCOCC6)cc5)c[nH]c4nn3)cn2)CC1. The standard InChI is InChI=1S/C26H29N7O2/c1-31-8-6-21(7-9-31)33-17-20(15-28-33)24-14-22-23(16-27-25(22)30-29-24)18-2-4-19(5-3-18)26(34)32-10-12-35-13-11-32/h2-5,14-17,21H,6-13H2,1H3,(H,27,30). The molecule has 0 aliphatic carbocycles. The first-order valence-corrected chi connectivity index (χ1v) is 12.2. The minimum Gasteiger partial charge on any atom is -0.378 e. The van der Waals surface area contributed by atoms with E-state index >= 15 is 0 Å². The van der Waals surface area contributed by atoms with Crippen molar-refractivity contribution in [1.29, 1.82) is 0 Å². The predicted octanol–water partition coefficient (Wildman–Crippen LogP) is 3.23. The molecule has 3 aromatic heterocycles. The van der Waals surface area contributed by atoms with Crippen LogP contribution in [0.3, 0.4) is 0 Å². The molecule has 0 unspecified atom stereocenters. The first kappa shape index (κ1) is 21.9. The third-order valence-electron chi connectivity index (χ3n) is 7.14. The lowest BCUT2D eigenvalue weighted by Crippen LogP contribution is -2.40. The van der Waals surface area contributed by atoms with E-state index in [1.54, 1.807) is 0 Å². The fourth-order valence-corrected chi connectivity index (χ4v) is 4.97. The maximum Gasteiger partial charge on any atom is 0.254 e. The van der Waals surface area contributed by atoms with Crippen LogP contribution in [0.5, 0.6) is 0 Å². The molecule has 1 amide bonds. The van der Waals surface area contributed by atoms with Crippen molar-refractivity contribution in [2.75, 3.05) is 46.4 Å². The summed E-state index contributed by atoms with van der Waals surface area (Å²) in [5, 5.41) is 14.5. The van der Waals surface area contributed by atoms with E-state index in [0.717, 1.165) is 59.3 Å². The van der Waals surface area contributed by atoms with Crippen molar-refractivity contribution >= 4 is 16.9 Å². The van der Waals surface area contributed by atoms with Gasteiger partial charge in [-0.3, -0.25) is 9.48 Å². The largest absolute Gasteiger partial charge is 0.378 e. The minimum absolute atomic E-state index is 0.0496. The highest BCUT2D eigenvalue weighted by Crippen LogP contribution is 2.31. The number of rotatable bonds is 4. The quantitative estimate of drug-likeness (QED) is 0.491. The first-order chi connectivity index (χ1) is 17.2. The van der Waals surface area contributed by atoms with Crippen molar-refractivity contribution in [2.45, 2.75) is 18.9 Å². The van der Waals surface area contributed by atoms with Gasteiger partial charge >= 0.3 is 0 Å². The molecule has 0 bridgehead atoms. The fourth-order valence-electron chi connectivity index (χ4n) is 4.97. The molecule has 1 N–H and O–H groups in total. The molecule has 2 aliphatic heterocycles. The van der Waals surface area contributed by atoms with Crippen LogP contribution in [0.25, 0.3) is 33.4 Å². The number of nitrogens with one attached hydrogen (secondary N) is 1. The van der Waals surface area contributed by atoms with E-state index in [9.17, 15) is 4.79 Å². The monoisotopic (exact) mass is 471 g/mol. The van der Waals surface area contributed by atoms with Gasteiger partial charge in [-0.05, 0) is 56.7 Å². The summed E-state index contributed by atoms with van der Waals surface area (Å²) in [4.78, 5) is 20.2. The van der Waals surface area contributed by atoms with Crippen molar-refractivity contribution in [3.63, 3.8) is 0 Å². The summed E-state index contributed by atoms with van der Waals surface area (Å²) in [6.45, 7) is 4.65. The second-order valence-corrected chi connectivity index (χ2v) is 9.42. The molecule has 180 valence electrons. The number of carbonyl (C=O) groups is 1. The summed E-state index contributed by atoms with van der Waals surface area (Å²) in [5.41, 5.74) is 5.26. The zero-order chi connectivity index (χ0) is 23.8. The van der Waals surface area contributed by atoms with Gasteiger partial charge < -0.3 is 19.5 Å². The number of benzene rings is 1. The molecule has 2 aliphatic rings. The van der Waals surface area contributed by atoms with E-state index in [4.69, 9.17) is 4.74 Å². The first-order valence-electron chi connectivity index (χ1n) is 12.2. The molecule has 5 heterocycles. The van der Waals surface area contributed by atoms with Gasteiger partial charge in [-0.1, -0.05) is 12.1 Å². The Bertz CT molecular complexity index is 1330. The number of hydrogen-bond acceptors (Lipinski definition) is 6. The van der Waals surface area contributed by atoms with Crippen LogP contribution in [0.15, 0.2) is 48.9 Å². The molecular formula is C26H29N7O2. The van der Waals surface area contributed by atoms with E-state index in [1.807, 2.05) is 41.6 Å². The average Bonchev–Trinajstić information content (AvgIpc) is 3.57. The van der Waals surface area contributed by atoms with Crippen molar-refractivity contribution in [3.8, 4) is 22.4 Å². The number of hydrogen-bond donors (Lipinski definition) is 1. The molecule has 35 heavy (non-hydrogen) atoms. The highest BCUT2D eigenvalue weighted by atomic mass is 16.5. The maximum atomic E-state index is 12.8. The molecule has 2 saturated heterocycles. The number of carbonyl (C=O) groups excluding carboxylic acids is 1. The van der Waals surface area contributed by atoms with E-state index in [-0.39, 0.29) is 5.91 Å². The van der Waals surface area contributed by atoms with Gasteiger partial charge in [0.25, 0.3) is 5.91 Å². The van der Waals surface area contributed by atoms with Crippen molar-refractivity contribution < 1.29 is 9.53 Å². The molecule has 4 aromatic rings. The van der Waals surface area contributed by atoms with Crippen LogP contribution in [-0.4, -0.2) is 87.1 Å². The van der Waals surface area contributed by atoms with Gasteiger partial charge in [0.2, 0.25) is 0 Å². The number of aromatic nitrogens is 5. The van der Waals surface area contributed by atoms with Crippen LogP contribution in [-0.2, 0) is 4.74 Å². The number of fused-ring (bicyclic) bond motifs is 1. The summed E-state index contributed by atoms with van der Waals surface area (Å²) < 4.78 is 7.44. The second kappa shape index (κ2) is 9.24. The van der Waals surface area contributed by atoms with Gasteiger partial charge in [0.1, 0.15) is 0 Å². The number of nitrogens with zero attached hydrogens (tertiary/aromatic N) is 6. The van der Waals surface area contributed by atoms with Gasteiger partial charge in [0, 0.05) is 47.6 Å². The van der Waals surface area contributed by atoms with Crippen LogP contribution in [0.1, 0.15) is 29.2 Å². The minimum atomic E-state index is 0.0496. The van der Waals surface area contributed by atoms with Crippen LogP contribution < -0.4 is 0 Å². The highest BCUT2D eigenvalue weighted by Gasteiger charge is 2.21. The van der Waals surface area contributed by atoms with Crippen molar-refractivity contribution in [2.24, 2.45) is 0 Å². The Morgan fingerprint density at radius 3 is 2.57 bits per heavy atom. The molecule has 0 spiro atoms. The molecule has 0 radical (unpaired) electrons. The lowest BCUT2D eigenvalue weighted by molar-refractivity contribution is 0.0303. The average molecular weight is 472 g/mol. The maximum absolute atomic E-state index is 12.8. The normalized spacial score (nSPS) is 17.8. The Balaban J connectivity index is 1.25. The summed E-state index contributed by atoms with van der Waals surface area (Å²) in [6, 6.07) is 10.3. The lowest BCUT2D eigenvalue weighted by Gasteiger charge is -2.28. The van der Waals surface area contributed by atoms with E-state index in [0.29, 0.717) is 37.9 Å². The summed E-state index contributed by atoms with van der Waals surface area (Å²) in [7, 11) is 2.17. The molecule has 9 nitrogen and oxygen atoms in total. The molecular weight excluding hydrogens is 442 g/mol. The zero-order valence-corrected chi connectivity index (χ0v) is 19.9. The van der Waals surface area contributed by atoms with Crippen LogP contribution in [0, 0.1) is 0 Å². The topological polar surface area (TPSA) is 92.2 Å². The van der Waals surface area contributed by atoms with Gasteiger partial charge in [-0.25, -0.2) is 0 Å². The third-order valence-corrected chi connectivity index (χ3v) is 7.14. The van der Waals surface area contributed by atoms with E-state index in [1.165, 1.54) is 0 Å². The number of morpholine rings is 1. The van der Waals surface area contributed by atoms with Gasteiger partial charge in [0.15, 0.2) is 5.65 Å². The van der Waals surface area contributed by atoms with E-state index < -0.39 is 0 Å². The van der Waals surface area contributed by atoms with Gasteiger partial charge in [-0.15, -0.1) is 10.2 Å². The van der Waals surface area contributed by atoms with Gasteiger partial charge in [0.05, 0.1) is 31.1 Å². The summed E-state index contributed by atoms with van der Waals surface area (Å²) in [5.74, 6) is 0.0496. The predicted molar refractivity (Wildman–Crippen MR) is 133 cm³/mol. The highest BCUT2D eigenvalue weighted by molar-refractivity contribution is 5.97. The number of ether oxygens (including phenoxy) is 1. The lowest BCUT2D eigenvalue weighted by atomic mass is 10.0. The Morgan fingerprint density at radius 2 is 1.80 bits per heavy atom. The number of piperidine rings is 1. The molecule has 1 aromatic carbocycles. The fraction of sp³-hybridized carbons (Fsp3) is 0.385. The van der Waals surface area contributed by atoms with Crippen LogP contribution in [0.4, 0.5) is 0 Å². The summed E-state index contributed by atoms with van der Waals surface area (Å²) >= 11 is 0. The van der Waals surface area contributed by atoms with Crippen LogP contribution in [0.2, 0.25) is 0 Å². The molecule has 0 saturated carbocycles. The molecule has 6 rings (SSSR count). The Kier molecular flexibility index (Phi) is 5.79. The zero-order valence-electron chi connectivity index (χ0n) is 19.9. The van der Waals surface area contributed by atoms with E-state index in [2.05, 4.69) is 49.2 Å². The Morgan fingerprint density at radius 1 is 1.03 bits per heavy atom. The number of likely N-dealkylation sites (tertiary alicyclic amines) is 1. The van der Waals surface area contributed by atoms with Crippen molar-refractivity contribution in [1.82, 2.24) is 34.8 Å².